The summed E-state index contributed by atoms with van der Waals surface area (Å²) in [6.07, 6.45) is 0. The topological polar surface area (TPSA) is 32.9 Å². The third-order valence-electron chi connectivity index (χ3n) is 2.63. The molecule has 0 atom stereocenters. The fraction of sp³-hybridized carbons (Fsp3) is 0. The van der Waals surface area contributed by atoms with Crippen LogP contribution in [-0.4, -0.2) is 4.98 Å². The van der Waals surface area contributed by atoms with Crippen molar-refractivity contribution in [2.24, 2.45) is 0 Å². The van der Waals surface area contributed by atoms with Crippen LogP contribution in [0.2, 0.25) is 0 Å². The summed E-state index contributed by atoms with van der Waals surface area (Å²) in [7, 11) is 0. The fourth-order valence-electron chi connectivity index (χ4n) is 1.92. The van der Waals surface area contributed by atoms with Crippen molar-refractivity contribution in [3.8, 4) is 0 Å². The van der Waals surface area contributed by atoms with Gasteiger partial charge in [-0.05, 0) is 22.9 Å². The van der Waals surface area contributed by atoms with E-state index in [-0.39, 0.29) is 5.56 Å². The van der Waals surface area contributed by atoms with E-state index in [2.05, 4.69) is 17.1 Å². The second kappa shape index (κ2) is 2.95. The number of aromatic amines is 1. The van der Waals surface area contributed by atoms with Gasteiger partial charge >= 0.3 is 0 Å². The molecule has 0 radical (unpaired) electrons. The average molecular weight is 195 g/mol. The highest BCUT2D eigenvalue weighted by atomic mass is 16.1. The molecule has 2 heteroatoms. The lowest BCUT2D eigenvalue weighted by molar-refractivity contribution is 1.31. The molecular weight excluding hydrogens is 186 g/mol. The minimum Gasteiger partial charge on any atom is -0.322 e. The van der Waals surface area contributed by atoms with E-state index >= 15 is 0 Å². The van der Waals surface area contributed by atoms with E-state index in [0.717, 1.165) is 10.9 Å². The number of aromatic nitrogens is 1. The van der Waals surface area contributed by atoms with Crippen LogP contribution in [0.5, 0.6) is 0 Å². The van der Waals surface area contributed by atoms with E-state index in [9.17, 15) is 4.79 Å². The standard InChI is InChI=1S/C13H9NO/c15-13-8-6-11-10-4-2-1-3-9(10)5-7-12(11)14-13/h1-8H,(H,14,15). The molecule has 0 spiro atoms. The average Bonchev–Trinajstić information content (AvgIpc) is 2.28. The molecular formula is C13H9NO. The minimum atomic E-state index is -0.0576. The Hall–Kier alpha value is -2.09. The Labute approximate surface area is 86.2 Å². The van der Waals surface area contributed by atoms with Gasteiger partial charge in [-0.3, -0.25) is 4.79 Å². The normalized spacial score (nSPS) is 10.9. The molecule has 15 heavy (non-hydrogen) atoms. The third kappa shape index (κ3) is 1.22. The summed E-state index contributed by atoms with van der Waals surface area (Å²) < 4.78 is 0. The largest absolute Gasteiger partial charge is 0.322 e. The number of nitrogens with one attached hydrogen (secondary N) is 1. The second-order valence-corrected chi connectivity index (χ2v) is 3.57. The van der Waals surface area contributed by atoms with Crippen LogP contribution >= 0.6 is 0 Å². The second-order valence-electron chi connectivity index (χ2n) is 3.57. The molecule has 0 fully saturated rings. The molecule has 0 aliphatic heterocycles. The maximum atomic E-state index is 11.2. The molecule has 0 aliphatic carbocycles. The van der Waals surface area contributed by atoms with Gasteiger partial charge in [-0.25, -0.2) is 0 Å². The van der Waals surface area contributed by atoms with E-state index in [4.69, 9.17) is 0 Å². The highest BCUT2D eigenvalue weighted by Crippen LogP contribution is 2.22. The van der Waals surface area contributed by atoms with Gasteiger partial charge in [0.15, 0.2) is 0 Å². The fourth-order valence-corrected chi connectivity index (χ4v) is 1.92. The van der Waals surface area contributed by atoms with E-state index in [1.54, 1.807) is 6.07 Å². The van der Waals surface area contributed by atoms with Crippen LogP contribution in [0.1, 0.15) is 0 Å². The summed E-state index contributed by atoms with van der Waals surface area (Å²) in [5, 5.41) is 3.45. The summed E-state index contributed by atoms with van der Waals surface area (Å²) in [5.74, 6) is 0. The molecule has 3 aromatic rings. The first-order valence-electron chi connectivity index (χ1n) is 4.85. The highest BCUT2D eigenvalue weighted by Gasteiger charge is 1.99. The number of rotatable bonds is 0. The van der Waals surface area contributed by atoms with Crippen molar-refractivity contribution < 1.29 is 0 Å². The van der Waals surface area contributed by atoms with Crippen molar-refractivity contribution in [2.45, 2.75) is 0 Å². The molecule has 3 rings (SSSR count). The van der Waals surface area contributed by atoms with Gasteiger partial charge in [0.25, 0.3) is 0 Å². The van der Waals surface area contributed by atoms with Crippen LogP contribution in [0.25, 0.3) is 21.7 Å². The summed E-state index contributed by atoms with van der Waals surface area (Å²) >= 11 is 0. The molecule has 1 aromatic heterocycles. The Morgan fingerprint density at radius 3 is 2.60 bits per heavy atom. The lowest BCUT2D eigenvalue weighted by Gasteiger charge is -2.02. The van der Waals surface area contributed by atoms with Gasteiger partial charge < -0.3 is 4.98 Å². The number of fused-ring (bicyclic) bond motifs is 3. The first-order chi connectivity index (χ1) is 7.34. The maximum absolute atomic E-state index is 11.2. The Bertz CT molecular complexity index is 697. The van der Waals surface area contributed by atoms with Gasteiger partial charge in [0.2, 0.25) is 5.56 Å². The molecule has 0 bridgehead atoms. The summed E-state index contributed by atoms with van der Waals surface area (Å²) in [6.45, 7) is 0. The molecule has 0 unspecified atom stereocenters. The SMILES string of the molecule is O=c1ccc2c(ccc3ccccc32)[nH]1. The zero-order valence-corrected chi connectivity index (χ0v) is 8.03. The first kappa shape index (κ1) is 8.24. The quantitative estimate of drug-likeness (QED) is 0.549. The number of benzene rings is 2. The molecule has 1 N–H and O–H groups in total. The van der Waals surface area contributed by atoms with Crippen molar-refractivity contribution in [1.82, 2.24) is 4.98 Å². The van der Waals surface area contributed by atoms with Crippen LogP contribution in [0, 0.1) is 0 Å². The molecule has 0 saturated heterocycles. The number of hydrogen-bond acceptors (Lipinski definition) is 1. The summed E-state index contributed by atoms with van der Waals surface area (Å²) in [5.41, 5.74) is 0.832. The monoisotopic (exact) mass is 195 g/mol. The Balaban J connectivity index is 2.60. The highest BCUT2D eigenvalue weighted by molar-refractivity contribution is 6.05. The third-order valence-corrected chi connectivity index (χ3v) is 2.63. The van der Waals surface area contributed by atoms with Crippen molar-refractivity contribution in [1.29, 1.82) is 0 Å². The first-order valence-corrected chi connectivity index (χ1v) is 4.85. The van der Waals surface area contributed by atoms with E-state index in [1.807, 2.05) is 30.3 Å². The van der Waals surface area contributed by atoms with Crippen molar-refractivity contribution in [3.63, 3.8) is 0 Å². The van der Waals surface area contributed by atoms with Crippen LogP contribution in [0.4, 0.5) is 0 Å². The zero-order valence-electron chi connectivity index (χ0n) is 8.03. The van der Waals surface area contributed by atoms with Crippen molar-refractivity contribution in [2.75, 3.05) is 0 Å². The van der Waals surface area contributed by atoms with Gasteiger partial charge in [0.05, 0.1) is 0 Å². The van der Waals surface area contributed by atoms with Crippen LogP contribution in [0.15, 0.2) is 53.3 Å². The van der Waals surface area contributed by atoms with E-state index in [1.165, 1.54) is 10.8 Å². The summed E-state index contributed by atoms with van der Waals surface area (Å²) in [4.78, 5) is 14.0. The van der Waals surface area contributed by atoms with Crippen molar-refractivity contribution >= 4 is 21.7 Å². The Morgan fingerprint density at radius 1 is 0.800 bits per heavy atom. The number of hydrogen-bond donors (Lipinski definition) is 1. The molecule has 0 aliphatic rings. The predicted octanol–water partition coefficient (Wildman–Crippen LogP) is 2.68. The zero-order chi connectivity index (χ0) is 10.3. The lowest BCUT2D eigenvalue weighted by atomic mass is 10.1. The van der Waals surface area contributed by atoms with Crippen molar-refractivity contribution in [3.05, 3.63) is 58.9 Å². The van der Waals surface area contributed by atoms with Crippen LogP contribution in [0.3, 0.4) is 0 Å². The molecule has 1 heterocycles. The maximum Gasteiger partial charge on any atom is 0.248 e. The van der Waals surface area contributed by atoms with E-state index in [0.29, 0.717) is 0 Å². The molecule has 2 aromatic carbocycles. The lowest BCUT2D eigenvalue weighted by Crippen LogP contribution is -2.02. The van der Waals surface area contributed by atoms with Crippen LogP contribution < -0.4 is 5.56 Å². The van der Waals surface area contributed by atoms with Crippen LogP contribution in [-0.2, 0) is 0 Å². The molecule has 72 valence electrons. The minimum absolute atomic E-state index is 0.0576. The predicted molar refractivity (Wildman–Crippen MR) is 62.1 cm³/mol. The van der Waals surface area contributed by atoms with Gasteiger partial charge in [0, 0.05) is 17.0 Å². The Kier molecular flexibility index (Phi) is 1.62. The van der Waals surface area contributed by atoms with Gasteiger partial charge in [-0.2, -0.15) is 0 Å². The molecule has 0 saturated carbocycles. The van der Waals surface area contributed by atoms with Gasteiger partial charge in [-0.1, -0.05) is 30.3 Å². The number of pyridine rings is 1. The van der Waals surface area contributed by atoms with Gasteiger partial charge in [-0.15, -0.1) is 0 Å². The van der Waals surface area contributed by atoms with Gasteiger partial charge in [0.1, 0.15) is 0 Å². The Morgan fingerprint density at radius 2 is 1.67 bits per heavy atom. The number of H-pyrrole nitrogens is 1. The molecule has 2 nitrogen and oxygen atoms in total. The smallest absolute Gasteiger partial charge is 0.248 e. The van der Waals surface area contributed by atoms with E-state index < -0.39 is 0 Å². The summed E-state index contributed by atoms with van der Waals surface area (Å²) in [6, 6.07) is 15.6. The molecule has 0 amide bonds.